The summed E-state index contributed by atoms with van der Waals surface area (Å²) in [4.78, 5) is 41.5. The number of nitrogens with one attached hydrogen (secondary N) is 2. The Bertz CT molecular complexity index is 1230. The second-order valence-electron chi connectivity index (χ2n) is 11.8. The summed E-state index contributed by atoms with van der Waals surface area (Å²) in [5, 5.41) is 16.6. The minimum absolute atomic E-state index is 0.121. The molecule has 2 aliphatic rings. The summed E-state index contributed by atoms with van der Waals surface area (Å²) in [6.07, 6.45) is 1.63. The standard InChI is InChI=1S/C31H40N4O5S/c1-30(2,3)40-29(39)35-18-16-34(17-19-35)26(36)23-12-10-22(11-13-23)20-25(27(37)38)33-28(41)31(14-7-15-32-21-31)24-8-5-4-6-9-24/h4-6,8-13,25,32H,7,14-21H2,1-3H3,(H,33,41)(H,37,38)/t25-,31?/m0/s1. The molecule has 0 radical (unpaired) electrons. The average Bonchev–Trinajstić information content (AvgIpc) is 2.96. The fourth-order valence-corrected chi connectivity index (χ4v) is 5.78. The zero-order chi connectivity index (χ0) is 29.6. The summed E-state index contributed by atoms with van der Waals surface area (Å²) >= 11 is 5.86. The van der Waals surface area contributed by atoms with Crippen LogP contribution in [0.2, 0.25) is 0 Å². The maximum Gasteiger partial charge on any atom is 0.410 e. The summed E-state index contributed by atoms with van der Waals surface area (Å²) in [5.74, 6) is -1.11. The van der Waals surface area contributed by atoms with Crippen molar-refractivity contribution in [3.05, 3.63) is 71.3 Å². The Morgan fingerprint density at radius 3 is 2.22 bits per heavy atom. The Balaban J connectivity index is 1.37. The highest BCUT2D eigenvalue weighted by Gasteiger charge is 2.39. The van der Waals surface area contributed by atoms with Crippen molar-refractivity contribution in [3.63, 3.8) is 0 Å². The van der Waals surface area contributed by atoms with Crippen molar-refractivity contribution < 1.29 is 24.2 Å². The Labute approximate surface area is 247 Å². The molecule has 0 saturated carbocycles. The van der Waals surface area contributed by atoms with Crippen LogP contribution in [-0.4, -0.2) is 88.8 Å². The lowest BCUT2D eigenvalue weighted by Crippen LogP contribution is -2.56. The first kappa shape index (κ1) is 30.5. The van der Waals surface area contributed by atoms with Gasteiger partial charge in [-0.05, 0) is 63.4 Å². The smallest absolute Gasteiger partial charge is 0.410 e. The van der Waals surface area contributed by atoms with Gasteiger partial charge in [0.2, 0.25) is 0 Å². The van der Waals surface area contributed by atoms with Crippen LogP contribution in [0.3, 0.4) is 0 Å². The maximum absolute atomic E-state index is 13.1. The van der Waals surface area contributed by atoms with Crippen LogP contribution in [0.15, 0.2) is 54.6 Å². The summed E-state index contributed by atoms with van der Waals surface area (Å²) in [7, 11) is 0. The molecule has 2 aromatic carbocycles. The molecule has 1 unspecified atom stereocenters. The third-order valence-electron chi connectivity index (χ3n) is 7.61. The quantitative estimate of drug-likeness (QED) is 0.426. The molecule has 41 heavy (non-hydrogen) atoms. The Morgan fingerprint density at radius 2 is 1.66 bits per heavy atom. The predicted octanol–water partition coefficient (Wildman–Crippen LogP) is 3.61. The Kier molecular flexibility index (Phi) is 9.65. The van der Waals surface area contributed by atoms with Crippen LogP contribution in [-0.2, 0) is 21.4 Å². The normalized spacial score (nSPS) is 20.2. The first-order chi connectivity index (χ1) is 19.5. The van der Waals surface area contributed by atoms with Crippen molar-refractivity contribution in [2.45, 2.75) is 57.1 Å². The number of amides is 2. The molecular weight excluding hydrogens is 540 g/mol. The van der Waals surface area contributed by atoms with Crippen LogP contribution in [0.25, 0.3) is 0 Å². The van der Waals surface area contributed by atoms with Crippen LogP contribution < -0.4 is 10.6 Å². The van der Waals surface area contributed by atoms with Gasteiger partial charge < -0.3 is 30.3 Å². The number of rotatable bonds is 7. The van der Waals surface area contributed by atoms with Crippen LogP contribution in [0.1, 0.15) is 55.1 Å². The molecule has 4 rings (SSSR count). The second-order valence-corrected chi connectivity index (χ2v) is 12.2. The van der Waals surface area contributed by atoms with E-state index in [0.717, 1.165) is 30.5 Å². The van der Waals surface area contributed by atoms with Gasteiger partial charge in [0.15, 0.2) is 0 Å². The first-order valence-electron chi connectivity index (χ1n) is 14.1. The Morgan fingerprint density at radius 1 is 1.02 bits per heavy atom. The van der Waals surface area contributed by atoms with Crippen LogP contribution in [0.4, 0.5) is 4.79 Å². The molecule has 2 atom stereocenters. The van der Waals surface area contributed by atoms with E-state index in [9.17, 15) is 19.5 Å². The van der Waals surface area contributed by atoms with Gasteiger partial charge in [0.1, 0.15) is 11.6 Å². The van der Waals surface area contributed by atoms with E-state index in [0.29, 0.717) is 43.3 Å². The van der Waals surface area contributed by atoms with E-state index >= 15 is 0 Å². The molecule has 2 heterocycles. The van der Waals surface area contributed by atoms with Crippen molar-refractivity contribution in [2.24, 2.45) is 0 Å². The topological polar surface area (TPSA) is 111 Å². The monoisotopic (exact) mass is 580 g/mol. The number of piperazine rings is 1. The number of piperidine rings is 1. The lowest BCUT2D eigenvalue weighted by atomic mass is 9.74. The van der Waals surface area contributed by atoms with Crippen molar-refractivity contribution >= 4 is 35.2 Å². The number of carbonyl (C=O) groups excluding carboxylic acids is 2. The maximum atomic E-state index is 13.1. The minimum atomic E-state index is -0.984. The molecule has 2 amide bonds. The highest BCUT2D eigenvalue weighted by Crippen LogP contribution is 2.32. The largest absolute Gasteiger partial charge is 0.480 e. The van der Waals surface area contributed by atoms with E-state index in [2.05, 4.69) is 10.6 Å². The number of thiocarbonyl (C=S) groups is 1. The van der Waals surface area contributed by atoms with Crippen molar-refractivity contribution in [1.29, 1.82) is 0 Å². The zero-order valence-electron chi connectivity index (χ0n) is 24.0. The van der Waals surface area contributed by atoms with Crippen molar-refractivity contribution in [2.75, 3.05) is 39.3 Å². The highest BCUT2D eigenvalue weighted by molar-refractivity contribution is 7.80. The third kappa shape index (κ3) is 7.62. The molecule has 2 aliphatic heterocycles. The second kappa shape index (κ2) is 13.0. The average molecular weight is 581 g/mol. The van der Waals surface area contributed by atoms with Crippen LogP contribution in [0, 0.1) is 0 Å². The number of ether oxygens (including phenoxy) is 1. The fourth-order valence-electron chi connectivity index (χ4n) is 5.35. The number of nitrogens with zero attached hydrogens (tertiary/aromatic N) is 2. The van der Waals surface area contributed by atoms with Gasteiger partial charge in [0.25, 0.3) is 5.91 Å². The molecule has 220 valence electrons. The molecule has 0 aliphatic carbocycles. The van der Waals surface area contributed by atoms with E-state index in [4.69, 9.17) is 17.0 Å². The first-order valence-corrected chi connectivity index (χ1v) is 14.6. The molecule has 2 aromatic rings. The van der Waals surface area contributed by atoms with Gasteiger partial charge in [-0.25, -0.2) is 9.59 Å². The summed E-state index contributed by atoms with van der Waals surface area (Å²) in [5.41, 5.74) is 1.35. The molecule has 2 fully saturated rings. The highest BCUT2D eigenvalue weighted by atomic mass is 32.1. The zero-order valence-corrected chi connectivity index (χ0v) is 24.8. The molecule has 3 N–H and O–H groups in total. The molecule has 2 saturated heterocycles. The minimum Gasteiger partial charge on any atom is -0.480 e. The molecule has 10 heteroatoms. The molecule has 9 nitrogen and oxygen atoms in total. The lowest BCUT2D eigenvalue weighted by Gasteiger charge is -2.40. The van der Waals surface area contributed by atoms with E-state index in [1.807, 2.05) is 51.1 Å². The van der Waals surface area contributed by atoms with Gasteiger partial charge in [0.05, 0.1) is 10.4 Å². The Hall–Kier alpha value is -3.50. The number of carboxylic acid groups (broad SMARTS) is 1. The fraction of sp³-hybridized carbons (Fsp3) is 0.484. The van der Waals surface area contributed by atoms with Gasteiger partial charge in [-0.3, -0.25) is 4.79 Å². The number of hydrogen-bond donors (Lipinski definition) is 3. The van der Waals surface area contributed by atoms with Crippen LogP contribution >= 0.6 is 12.2 Å². The number of benzene rings is 2. The van der Waals surface area contributed by atoms with Crippen molar-refractivity contribution in [1.82, 2.24) is 20.4 Å². The van der Waals surface area contributed by atoms with Gasteiger partial charge >= 0.3 is 12.1 Å². The summed E-state index contributed by atoms with van der Waals surface area (Å²) in [6.45, 7) is 8.68. The van der Waals surface area contributed by atoms with E-state index < -0.39 is 23.0 Å². The van der Waals surface area contributed by atoms with E-state index in [-0.39, 0.29) is 18.4 Å². The molecule has 0 aromatic heterocycles. The molecule has 0 bridgehead atoms. The summed E-state index contributed by atoms with van der Waals surface area (Å²) < 4.78 is 5.43. The lowest BCUT2D eigenvalue weighted by molar-refractivity contribution is -0.139. The van der Waals surface area contributed by atoms with E-state index in [1.165, 1.54) is 0 Å². The van der Waals surface area contributed by atoms with Gasteiger partial charge in [-0.15, -0.1) is 0 Å². The predicted molar refractivity (Wildman–Crippen MR) is 161 cm³/mol. The number of carbonyl (C=O) groups is 3. The van der Waals surface area contributed by atoms with E-state index in [1.54, 1.807) is 34.1 Å². The number of carboxylic acids is 1. The third-order valence-corrected chi connectivity index (χ3v) is 8.12. The number of hydrogen-bond acceptors (Lipinski definition) is 6. The summed E-state index contributed by atoms with van der Waals surface area (Å²) in [6, 6.07) is 16.1. The van der Waals surface area contributed by atoms with Gasteiger partial charge in [0, 0.05) is 44.7 Å². The molecular formula is C31H40N4O5S. The van der Waals surface area contributed by atoms with Gasteiger partial charge in [-0.2, -0.15) is 0 Å². The van der Waals surface area contributed by atoms with Gasteiger partial charge in [-0.1, -0.05) is 54.7 Å². The number of aliphatic carboxylic acids is 1. The van der Waals surface area contributed by atoms with Crippen LogP contribution in [0.5, 0.6) is 0 Å². The SMILES string of the molecule is CC(C)(C)OC(=O)N1CCN(C(=O)c2ccc(C[C@H](NC(=S)C3(c4ccccc4)CCCNC3)C(=O)O)cc2)CC1. The van der Waals surface area contributed by atoms with Crippen molar-refractivity contribution in [3.8, 4) is 0 Å². The molecule has 0 spiro atoms.